The van der Waals surface area contributed by atoms with Crippen LogP contribution in [0.2, 0.25) is 5.02 Å². The molecule has 0 saturated heterocycles. The number of hydrogen-bond acceptors (Lipinski definition) is 4. The molecule has 0 unspecified atom stereocenters. The number of rotatable bonds is 5. The van der Waals surface area contributed by atoms with Crippen LogP contribution in [0.4, 0.5) is 0 Å². The summed E-state index contributed by atoms with van der Waals surface area (Å²) in [6.07, 6.45) is 3.08. The maximum atomic E-state index is 12.0. The zero-order valence-corrected chi connectivity index (χ0v) is 15.7. The Morgan fingerprint density at radius 3 is 2.63 bits per heavy atom. The summed E-state index contributed by atoms with van der Waals surface area (Å²) in [5, 5.41) is 3.24. The highest BCUT2D eigenvalue weighted by Gasteiger charge is 2.17. The lowest BCUT2D eigenvalue weighted by Crippen LogP contribution is -2.22. The van der Waals surface area contributed by atoms with Crippen molar-refractivity contribution in [1.82, 2.24) is 10.2 Å². The molecule has 2 amide bonds. The molecule has 0 aliphatic carbocycles. The Hall–Kier alpha value is -2.99. The highest BCUT2D eigenvalue weighted by atomic mass is 35.5. The van der Waals surface area contributed by atoms with Gasteiger partial charge in [-0.05, 0) is 41.5 Å². The topological polar surface area (TPSA) is 67.9 Å². The number of carbonyl (C=O) groups excluding carboxylic acids is 2. The van der Waals surface area contributed by atoms with Gasteiger partial charge < -0.3 is 19.7 Å². The van der Waals surface area contributed by atoms with E-state index in [0.717, 1.165) is 11.1 Å². The average Bonchev–Trinajstić information content (AvgIpc) is 3.13. The molecule has 2 aromatic rings. The molecule has 0 fully saturated rings. The van der Waals surface area contributed by atoms with Crippen molar-refractivity contribution in [1.29, 1.82) is 0 Å². The zero-order valence-electron chi connectivity index (χ0n) is 15.0. The Morgan fingerprint density at radius 2 is 1.93 bits per heavy atom. The van der Waals surface area contributed by atoms with Crippen molar-refractivity contribution in [3.8, 4) is 11.5 Å². The lowest BCUT2D eigenvalue weighted by atomic mass is 10.1. The van der Waals surface area contributed by atoms with Gasteiger partial charge in [0, 0.05) is 32.3 Å². The quantitative estimate of drug-likeness (QED) is 0.802. The summed E-state index contributed by atoms with van der Waals surface area (Å²) in [6.45, 7) is 0.503. The van der Waals surface area contributed by atoms with Crippen LogP contribution in [0.25, 0.3) is 6.08 Å². The van der Waals surface area contributed by atoms with E-state index in [1.807, 2.05) is 12.1 Å². The van der Waals surface area contributed by atoms with Crippen LogP contribution < -0.4 is 14.8 Å². The minimum absolute atomic E-state index is 0.0593. The Kier molecular flexibility index (Phi) is 5.66. The summed E-state index contributed by atoms with van der Waals surface area (Å²) in [7, 11) is 3.41. The number of nitrogens with zero attached hydrogens (tertiary/aromatic N) is 1. The van der Waals surface area contributed by atoms with E-state index >= 15 is 0 Å². The van der Waals surface area contributed by atoms with Gasteiger partial charge >= 0.3 is 0 Å². The number of fused-ring (bicyclic) bond motifs is 1. The molecule has 27 heavy (non-hydrogen) atoms. The van der Waals surface area contributed by atoms with Gasteiger partial charge in [0.2, 0.25) is 12.7 Å². The fourth-order valence-electron chi connectivity index (χ4n) is 2.53. The molecule has 0 radical (unpaired) electrons. The Labute approximate surface area is 162 Å². The van der Waals surface area contributed by atoms with E-state index in [2.05, 4.69) is 5.32 Å². The molecule has 0 spiro atoms. The van der Waals surface area contributed by atoms with Gasteiger partial charge in [-0.2, -0.15) is 0 Å². The van der Waals surface area contributed by atoms with E-state index in [-0.39, 0.29) is 18.6 Å². The number of carbonyl (C=O) groups is 2. The molecule has 7 heteroatoms. The molecule has 2 aromatic carbocycles. The Morgan fingerprint density at radius 1 is 1.19 bits per heavy atom. The molecule has 3 rings (SSSR count). The molecule has 6 nitrogen and oxygen atoms in total. The normalized spacial score (nSPS) is 12.3. The summed E-state index contributed by atoms with van der Waals surface area (Å²) in [5.74, 6) is 0.789. The molecule has 0 atom stereocenters. The molecule has 1 heterocycles. The first-order valence-electron chi connectivity index (χ1n) is 8.29. The lowest BCUT2D eigenvalue weighted by Gasteiger charge is -2.10. The first kappa shape index (κ1) is 18.8. The number of nitrogens with one attached hydrogen (secondary N) is 1. The predicted molar refractivity (Wildman–Crippen MR) is 103 cm³/mol. The highest BCUT2D eigenvalue weighted by Crippen LogP contribution is 2.40. The minimum Gasteiger partial charge on any atom is -0.454 e. The predicted octanol–water partition coefficient (Wildman–Crippen LogP) is 3.10. The second-order valence-corrected chi connectivity index (χ2v) is 6.59. The first-order chi connectivity index (χ1) is 12.9. The number of hydrogen-bond donors (Lipinski definition) is 1. The van der Waals surface area contributed by atoms with Crippen molar-refractivity contribution in [2.24, 2.45) is 0 Å². The maximum absolute atomic E-state index is 12.0. The largest absolute Gasteiger partial charge is 0.454 e. The van der Waals surface area contributed by atoms with E-state index in [1.165, 1.54) is 11.0 Å². The summed E-state index contributed by atoms with van der Waals surface area (Å²) < 4.78 is 10.6. The van der Waals surface area contributed by atoms with Crippen molar-refractivity contribution in [2.45, 2.75) is 6.54 Å². The van der Waals surface area contributed by atoms with E-state index in [1.54, 1.807) is 44.4 Å². The third kappa shape index (κ3) is 4.60. The first-order valence-corrected chi connectivity index (χ1v) is 8.67. The molecule has 1 N–H and O–H groups in total. The van der Waals surface area contributed by atoms with E-state index in [9.17, 15) is 9.59 Å². The third-order valence-corrected chi connectivity index (χ3v) is 4.23. The van der Waals surface area contributed by atoms with Crippen LogP contribution in [0, 0.1) is 0 Å². The summed E-state index contributed by atoms with van der Waals surface area (Å²) in [5.41, 5.74) is 2.25. The van der Waals surface area contributed by atoms with E-state index in [4.69, 9.17) is 21.1 Å². The molecule has 1 aliphatic heterocycles. The van der Waals surface area contributed by atoms with Crippen LogP contribution in [0.15, 0.2) is 42.5 Å². The van der Waals surface area contributed by atoms with Crippen molar-refractivity contribution in [3.05, 3.63) is 64.2 Å². The monoisotopic (exact) mass is 386 g/mol. The van der Waals surface area contributed by atoms with Gasteiger partial charge in [-0.3, -0.25) is 9.59 Å². The molecule has 0 saturated carbocycles. The highest BCUT2D eigenvalue weighted by molar-refractivity contribution is 6.32. The van der Waals surface area contributed by atoms with Gasteiger partial charge in [0.15, 0.2) is 11.5 Å². The van der Waals surface area contributed by atoms with Crippen molar-refractivity contribution in [3.63, 3.8) is 0 Å². The van der Waals surface area contributed by atoms with Crippen molar-refractivity contribution < 1.29 is 19.1 Å². The van der Waals surface area contributed by atoms with Crippen LogP contribution in [0.1, 0.15) is 21.5 Å². The van der Waals surface area contributed by atoms with Crippen LogP contribution in [-0.4, -0.2) is 37.6 Å². The van der Waals surface area contributed by atoms with Gasteiger partial charge in [-0.15, -0.1) is 0 Å². The van der Waals surface area contributed by atoms with Crippen LogP contribution >= 0.6 is 11.6 Å². The number of ether oxygens (including phenoxy) is 2. The van der Waals surface area contributed by atoms with Gasteiger partial charge in [-0.1, -0.05) is 23.7 Å². The number of halogens is 1. The number of benzene rings is 2. The van der Waals surface area contributed by atoms with Gasteiger partial charge in [0.1, 0.15) is 0 Å². The molecule has 0 aromatic heterocycles. The zero-order chi connectivity index (χ0) is 19.4. The van der Waals surface area contributed by atoms with Gasteiger partial charge in [0.25, 0.3) is 5.91 Å². The molecule has 0 bridgehead atoms. The summed E-state index contributed by atoms with van der Waals surface area (Å²) >= 11 is 6.12. The second kappa shape index (κ2) is 8.14. The molecular weight excluding hydrogens is 368 g/mol. The molecule has 1 aliphatic rings. The van der Waals surface area contributed by atoms with Crippen LogP contribution in [-0.2, 0) is 11.3 Å². The second-order valence-electron chi connectivity index (χ2n) is 6.18. The summed E-state index contributed by atoms with van der Waals surface area (Å²) in [6, 6.07) is 10.6. The Balaban J connectivity index is 1.56. The Bertz CT molecular complexity index is 892. The molecular formula is C20H19ClN2O4. The average molecular weight is 387 g/mol. The maximum Gasteiger partial charge on any atom is 0.253 e. The van der Waals surface area contributed by atoms with Gasteiger partial charge in [-0.25, -0.2) is 0 Å². The SMILES string of the molecule is CN(C)C(=O)c1ccc(CNC(=O)/C=C/c2cc(Cl)c3c(c2)OCO3)cc1. The summed E-state index contributed by atoms with van der Waals surface area (Å²) in [4.78, 5) is 25.4. The minimum atomic E-state index is -0.239. The van der Waals surface area contributed by atoms with Crippen molar-refractivity contribution in [2.75, 3.05) is 20.9 Å². The van der Waals surface area contributed by atoms with E-state index < -0.39 is 0 Å². The molecule has 140 valence electrons. The third-order valence-electron chi connectivity index (χ3n) is 3.95. The van der Waals surface area contributed by atoms with E-state index in [0.29, 0.717) is 28.6 Å². The standard InChI is InChI=1S/C20H19ClN2O4/c1-23(2)20(25)15-6-3-13(4-7-15)11-22-18(24)8-5-14-9-16(21)19-17(10-14)26-12-27-19/h3-10H,11-12H2,1-2H3,(H,22,24)/b8-5+. The van der Waals surface area contributed by atoms with Gasteiger partial charge in [0.05, 0.1) is 5.02 Å². The van der Waals surface area contributed by atoms with Crippen LogP contribution in [0.3, 0.4) is 0 Å². The smallest absolute Gasteiger partial charge is 0.253 e. The lowest BCUT2D eigenvalue weighted by molar-refractivity contribution is -0.116. The fourth-order valence-corrected chi connectivity index (χ4v) is 2.80. The number of amides is 2. The van der Waals surface area contributed by atoms with Crippen molar-refractivity contribution >= 4 is 29.5 Å². The van der Waals surface area contributed by atoms with Crippen LogP contribution in [0.5, 0.6) is 11.5 Å². The fraction of sp³-hybridized carbons (Fsp3) is 0.200.